The van der Waals surface area contributed by atoms with Crippen LogP contribution in [0.1, 0.15) is 24.6 Å². The Morgan fingerprint density at radius 3 is 3.11 bits per heavy atom. The first-order chi connectivity index (χ1) is 13.1. The number of anilines is 1. The largest absolute Gasteiger partial charge is 0.454 e. The van der Waals surface area contributed by atoms with Gasteiger partial charge < -0.3 is 19.5 Å². The molecule has 2 aromatic heterocycles. The highest BCUT2D eigenvalue weighted by molar-refractivity contribution is 7.09. The fraction of sp³-hybridized carbons (Fsp3) is 0.500. The molecule has 3 heterocycles. The number of esters is 1. The van der Waals surface area contributed by atoms with Gasteiger partial charge in [0.25, 0.3) is 5.91 Å². The molecule has 1 aliphatic heterocycles. The number of ether oxygens (including phenoxy) is 3. The number of thiophene rings is 1. The number of hydrogen-bond acceptors (Lipinski definition) is 7. The Kier molecular flexibility index (Phi) is 6.97. The fourth-order valence-corrected chi connectivity index (χ4v) is 3.33. The molecule has 1 fully saturated rings. The predicted molar refractivity (Wildman–Crippen MR) is 99.6 cm³/mol. The second kappa shape index (κ2) is 9.63. The Bertz CT molecular complexity index is 740. The fourth-order valence-electron chi connectivity index (χ4n) is 2.64. The minimum absolute atomic E-state index is 0.0344. The van der Waals surface area contributed by atoms with Crippen LogP contribution >= 0.6 is 11.3 Å². The Balaban J connectivity index is 1.40. The van der Waals surface area contributed by atoms with Crippen molar-refractivity contribution in [3.63, 3.8) is 0 Å². The summed E-state index contributed by atoms with van der Waals surface area (Å²) in [5.74, 6) is -0.454. The topological polar surface area (TPSA) is 91.7 Å². The Hall–Kier alpha value is -2.23. The SMILES string of the molecule is CC(OCC1CCCO1)C(=O)OCC(=O)Nc1ccnn1Cc1cccs1. The van der Waals surface area contributed by atoms with Crippen LogP contribution in [0.4, 0.5) is 5.82 Å². The minimum atomic E-state index is -0.744. The van der Waals surface area contributed by atoms with E-state index in [1.54, 1.807) is 35.2 Å². The number of rotatable bonds is 9. The van der Waals surface area contributed by atoms with Gasteiger partial charge in [0.15, 0.2) is 12.7 Å². The van der Waals surface area contributed by atoms with E-state index in [2.05, 4.69) is 10.4 Å². The van der Waals surface area contributed by atoms with Crippen LogP contribution in [-0.2, 0) is 30.3 Å². The van der Waals surface area contributed by atoms with E-state index in [1.807, 2.05) is 17.5 Å². The zero-order valence-electron chi connectivity index (χ0n) is 15.1. The quantitative estimate of drug-likeness (QED) is 0.656. The molecule has 3 rings (SSSR count). The van der Waals surface area contributed by atoms with Crippen LogP contribution in [0.2, 0.25) is 0 Å². The average Bonchev–Trinajstić information content (AvgIpc) is 3.42. The third-order valence-electron chi connectivity index (χ3n) is 4.10. The maximum absolute atomic E-state index is 12.1. The number of carbonyl (C=O) groups excluding carboxylic acids is 2. The second-order valence-electron chi connectivity index (χ2n) is 6.22. The third kappa shape index (κ3) is 5.88. The van der Waals surface area contributed by atoms with Crippen molar-refractivity contribution in [3.05, 3.63) is 34.7 Å². The van der Waals surface area contributed by atoms with Crippen molar-refractivity contribution in [1.82, 2.24) is 9.78 Å². The van der Waals surface area contributed by atoms with Crippen LogP contribution in [0.5, 0.6) is 0 Å². The highest BCUT2D eigenvalue weighted by Crippen LogP contribution is 2.15. The van der Waals surface area contributed by atoms with E-state index in [4.69, 9.17) is 14.2 Å². The molecular formula is C18H23N3O5S. The second-order valence-corrected chi connectivity index (χ2v) is 7.25. The highest BCUT2D eigenvalue weighted by atomic mass is 32.1. The number of carbonyl (C=O) groups is 2. The van der Waals surface area contributed by atoms with Gasteiger partial charge in [0.05, 0.1) is 25.5 Å². The summed E-state index contributed by atoms with van der Waals surface area (Å²) in [6.45, 7) is 2.87. The van der Waals surface area contributed by atoms with Crippen LogP contribution in [-0.4, -0.2) is 53.7 Å². The van der Waals surface area contributed by atoms with E-state index in [9.17, 15) is 9.59 Å². The molecule has 2 atom stereocenters. The Morgan fingerprint density at radius 1 is 1.48 bits per heavy atom. The minimum Gasteiger partial charge on any atom is -0.454 e. The lowest BCUT2D eigenvalue weighted by molar-refractivity contribution is -0.159. The van der Waals surface area contributed by atoms with Crippen molar-refractivity contribution in [2.75, 3.05) is 25.1 Å². The van der Waals surface area contributed by atoms with Crippen LogP contribution < -0.4 is 5.32 Å². The van der Waals surface area contributed by atoms with Crippen molar-refractivity contribution < 1.29 is 23.8 Å². The molecule has 8 nitrogen and oxygen atoms in total. The van der Waals surface area contributed by atoms with E-state index < -0.39 is 18.0 Å². The van der Waals surface area contributed by atoms with Crippen molar-refractivity contribution in [3.8, 4) is 0 Å². The summed E-state index contributed by atoms with van der Waals surface area (Å²) in [7, 11) is 0. The predicted octanol–water partition coefficient (Wildman–Crippen LogP) is 2.06. The molecule has 0 aromatic carbocycles. The van der Waals surface area contributed by atoms with Crippen LogP contribution in [0.15, 0.2) is 29.8 Å². The van der Waals surface area contributed by atoms with E-state index in [0.29, 0.717) is 19.0 Å². The molecule has 0 aliphatic carbocycles. The number of hydrogen-bond donors (Lipinski definition) is 1. The molecule has 0 spiro atoms. The van der Waals surface area contributed by atoms with Gasteiger partial charge in [-0.1, -0.05) is 6.07 Å². The standard InChI is InChI=1S/C18H23N3O5S/c1-13(25-11-14-4-2-8-24-14)18(23)26-12-17(22)20-16-6-7-19-21(16)10-15-5-3-9-27-15/h3,5-7,9,13-14H,2,4,8,10-12H2,1H3,(H,20,22). The molecule has 9 heteroatoms. The number of nitrogens with one attached hydrogen (secondary N) is 1. The molecule has 1 N–H and O–H groups in total. The van der Waals surface area contributed by atoms with Crippen molar-refractivity contribution in [1.29, 1.82) is 0 Å². The van der Waals surface area contributed by atoms with Gasteiger partial charge >= 0.3 is 5.97 Å². The molecule has 1 amide bonds. The van der Waals surface area contributed by atoms with Gasteiger partial charge in [0.1, 0.15) is 5.82 Å². The molecule has 27 heavy (non-hydrogen) atoms. The smallest absolute Gasteiger partial charge is 0.335 e. The summed E-state index contributed by atoms with van der Waals surface area (Å²) in [4.78, 5) is 25.1. The lowest BCUT2D eigenvalue weighted by atomic mass is 10.2. The van der Waals surface area contributed by atoms with Gasteiger partial charge in [-0.3, -0.25) is 4.79 Å². The van der Waals surface area contributed by atoms with Gasteiger partial charge in [-0.05, 0) is 31.2 Å². The molecule has 1 aliphatic rings. The molecular weight excluding hydrogens is 370 g/mol. The van der Waals surface area contributed by atoms with Crippen molar-refractivity contribution >= 4 is 29.0 Å². The molecule has 146 valence electrons. The van der Waals surface area contributed by atoms with Crippen LogP contribution in [0.3, 0.4) is 0 Å². The number of aromatic nitrogens is 2. The zero-order chi connectivity index (χ0) is 19.1. The number of amides is 1. The summed E-state index contributed by atoms with van der Waals surface area (Å²) >= 11 is 1.61. The molecule has 1 saturated heterocycles. The summed E-state index contributed by atoms with van der Waals surface area (Å²) in [5, 5.41) is 8.89. The number of nitrogens with zero attached hydrogens (tertiary/aromatic N) is 2. The molecule has 0 radical (unpaired) electrons. The Morgan fingerprint density at radius 2 is 2.37 bits per heavy atom. The van der Waals surface area contributed by atoms with Crippen molar-refractivity contribution in [2.45, 2.75) is 38.5 Å². The Labute approximate surface area is 161 Å². The lowest BCUT2D eigenvalue weighted by Crippen LogP contribution is -2.30. The first kappa shape index (κ1) is 19.5. The normalized spacial score (nSPS) is 17.6. The van der Waals surface area contributed by atoms with Gasteiger partial charge in [-0.25, -0.2) is 9.48 Å². The summed E-state index contributed by atoms with van der Waals surface area (Å²) < 4.78 is 17.6. The lowest BCUT2D eigenvalue weighted by Gasteiger charge is -2.15. The summed E-state index contributed by atoms with van der Waals surface area (Å²) in [6, 6.07) is 5.65. The zero-order valence-corrected chi connectivity index (χ0v) is 15.9. The van der Waals surface area contributed by atoms with Gasteiger partial charge in [0, 0.05) is 17.6 Å². The molecule has 0 saturated carbocycles. The maximum Gasteiger partial charge on any atom is 0.335 e. The van der Waals surface area contributed by atoms with Crippen LogP contribution in [0, 0.1) is 0 Å². The third-order valence-corrected chi connectivity index (χ3v) is 4.96. The maximum atomic E-state index is 12.1. The average molecular weight is 393 g/mol. The van der Waals surface area contributed by atoms with Gasteiger partial charge in [0.2, 0.25) is 0 Å². The summed E-state index contributed by atoms with van der Waals surface area (Å²) in [6.07, 6.45) is 2.84. The van der Waals surface area contributed by atoms with E-state index in [1.165, 1.54) is 0 Å². The first-order valence-electron chi connectivity index (χ1n) is 8.85. The molecule has 2 aromatic rings. The summed E-state index contributed by atoms with van der Waals surface area (Å²) in [5.41, 5.74) is 0. The molecule has 2 unspecified atom stereocenters. The van der Waals surface area contributed by atoms with Gasteiger partial charge in [-0.15, -0.1) is 11.3 Å². The first-order valence-corrected chi connectivity index (χ1v) is 9.73. The van der Waals surface area contributed by atoms with Crippen LogP contribution in [0.25, 0.3) is 0 Å². The monoisotopic (exact) mass is 393 g/mol. The highest BCUT2D eigenvalue weighted by Gasteiger charge is 2.21. The van der Waals surface area contributed by atoms with E-state index >= 15 is 0 Å². The van der Waals surface area contributed by atoms with Gasteiger partial charge in [-0.2, -0.15) is 5.10 Å². The van der Waals surface area contributed by atoms with E-state index in [0.717, 1.165) is 24.3 Å². The van der Waals surface area contributed by atoms with E-state index in [-0.39, 0.29) is 12.7 Å². The van der Waals surface area contributed by atoms with Crippen molar-refractivity contribution in [2.24, 2.45) is 0 Å². The molecule has 0 bridgehead atoms.